The van der Waals surface area contributed by atoms with Gasteiger partial charge in [-0.25, -0.2) is 9.07 Å². The van der Waals surface area contributed by atoms with Crippen LogP contribution in [-0.4, -0.2) is 34.0 Å². The van der Waals surface area contributed by atoms with Crippen molar-refractivity contribution >= 4 is 17.5 Å². The molecule has 0 saturated carbocycles. The second kappa shape index (κ2) is 7.27. The van der Waals surface area contributed by atoms with E-state index in [1.54, 1.807) is 23.9 Å². The molecule has 1 aliphatic heterocycles. The monoisotopic (exact) mass is 351 g/mol. The molecule has 2 N–H and O–H groups in total. The van der Waals surface area contributed by atoms with Crippen molar-refractivity contribution < 1.29 is 9.18 Å². The predicted octanol–water partition coefficient (Wildman–Crippen LogP) is 2.49. The van der Waals surface area contributed by atoms with Crippen LogP contribution in [0.25, 0.3) is 0 Å². The number of nitrogens with one attached hydrogen (secondary N) is 2. The number of carbonyl (C=O) groups excluding carboxylic acids is 1. The van der Waals surface area contributed by atoms with E-state index in [-0.39, 0.29) is 28.7 Å². The molecule has 0 spiro atoms. The van der Waals surface area contributed by atoms with E-state index in [0.29, 0.717) is 5.56 Å². The Morgan fingerprint density at radius 3 is 2.92 bits per heavy atom. The smallest absolute Gasteiger partial charge is 0.273 e. The number of piperidine rings is 1. The van der Waals surface area contributed by atoms with Crippen molar-refractivity contribution in [3.05, 3.63) is 46.5 Å². The van der Waals surface area contributed by atoms with Gasteiger partial charge in [0.25, 0.3) is 5.91 Å². The van der Waals surface area contributed by atoms with E-state index in [2.05, 4.69) is 20.9 Å². The lowest BCUT2D eigenvalue weighted by Gasteiger charge is -2.22. The Bertz CT molecular complexity index is 729. The van der Waals surface area contributed by atoms with Crippen LogP contribution in [0.4, 0.5) is 4.39 Å². The van der Waals surface area contributed by atoms with Crippen molar-refractivity contribution in [2.75, 3.05) is 13.1 Å². The van der Waals surface area contributed by atoms with Crippen molar-refractivity contribution in [1.82, 2.24) is 25.6 Å². The maximum atomic E-state index is 13.1. The minimum absolute atomic E-state index is 0.263. The lowest BCUT2D eigenvalue weighted by atomic mass is 10.1. The molecule has 1 unspecified atom stereocenters. The number of amides is 1. The van der Waals surface area contributed by atoms with Crippen LogP contribution >= 0.6 is 11.6 Å². The quantitative estimate of drug-likeness (QED) is 0.887. The SMILES string of the molecule is CC(NC(=O)c1cn(C2CCNCC2)nn1)c1ccc(F)cc1Cl. The summed E-state index contributed by atoms with van der Waals surface area (Å²) in [5, 5.41) is 14.4. The molecule has 1 aromatic heterocycles. The first-order valence-corrected chi connectivity index (χ1v) is 8.31. The number of hydrogen-bond donors (Lipinski definition) is 2. The summed E-state index contributed by atoms with van der Waals surface area (Å²) in [5.41, 5.74) is 0.913. The molecule has 1 aliphatic rings. The Labute approximate surface area is 144 Å². The highest BCUT2D eigenvalue weighted by Crippen LogP contribution is 2.24. The molecule has 0 aliphatic carbocycles. The van der Waals surface area contributed by atoms with Gasteiger partial charge in [0.05, 0.1) is 18.3 Å². The average Bonchev–Trinajstić information content (AvgIpc) is 3.05. The van der Waals surface area contributed by atoms with Gasteiger partial charge >= 0.3 is 0 Å². The van der Waals surface area contributed by atoms with Gasteiger partial charge < -0.3 is 10.6 Å². The highest BCUT2D eigenvalue weighted by molar-refractivity contribution is 6.31. The zero-order valence-corrected chi connectivity index (χ0v) is 14.1. The van der Waals surface area contributed by atoms with E-state index in [9.17, 15) is 9.18 Å². The Morgan fingerprint density at radius 1 is 1.46 bits per heavy atom. The predicted molar refractivity (Wildman–Crippen MR) is 88.5 cm³/mol. The molecule has 1 amide bonds. The topological polar surface area (TPSA) is 71.8 Å². The van der Waals surface area contributed by atoms with E-state index in [0.717, 1.165) is 25.9 Å². The molecule has 0 bridgehead atoms. The maximum Gasteiger partial charge on any atom is 0.273 e. The summed E-state index contributed by atoms with van der Waals surface area (Å²) >= 11 is 6.03. The second-order valence-electron chi connectivity index (χ2n) is 5.93. The van der Waals surface area contributed by atoms with Crippen LogP contribution in [0.1, 0.15) is 47.9 Å². The molecule has 3 rings (SSSR count). The maximum absolute atomic E-state index is 13.1. The first-order chi connectivity index (χ1) is 11.5. The highest BCUT2D eigenvalue weighted by atomic mass is 35.5. The lowest BCUT2D eigenvalue weighted by molar-refractivity contribution is 0.0934. The van der Waals surface area contributed by atoms with Crippen molar-refractivity contribution in [1.29, 1.82) is 0 Å². The first kappa shape index (κ1) is 16.9. The average molecular weight is 352 g/mol. The number of hydrogen-bond acceptors (Lipinski definition) is 4. The lowest BCUT2D eigenvalue weighted by Crippen LogP contribution is -2.29. The van der Waals surface area contributed by atoms with Gasteiger partial charge in [-0.05, 0) is 50.6 Å². The van der Waals surface area contributed by atoms with E-state index in [4.69, 9.17) is 11.6 Å². The number of nitrogens with zero attached hydrogens (tertiary/aromatic N) is 3. The van der Waals surface area contributed by atoms with Crippen LogP contribution < -0.4 is 10.6 Å². The third-order valence-corrected chi connectivity index (χ3v) is 4.53. The number of aromatic nitrogens is 3. The fraction of sp³-hybridized carbons (Fsp3) is 0.438. The fourth-order valence-electron chi connectivity index (χ4n) is 2.83. The van der Waals surface area contributed by atoms with Crippen molar-refractivity contribution in [3.63, 3.8) is 0 Å². The van der Waals surface area contributed by atoms with Gasteiger partial charge in [-0.3, -0.25) is 4.79 Å². The van der Waals surface area contributed by atoms with Gasteiger partial charge in [-0.15, -0.1) is 5.10 Å². The fourth-order valence-corrected chi connectivity index (χ4v) is 3.16. The third kappa shape index (κ3) is 3.73. The molecule has 2 heterocycles. The summed E-state index contributed by atoms with van der Waals surface area (Å²) in [7, 11) is 0. The molecular weight excluding hydrogens is 333 g/mol. The van der Waals surface area contributed by atoms with Gasteiger partial charge in [0.2, 0.25) is 0 Å². The van der Waals surface area contributed by atoms with E-state index in [1.807, 2.05) is 0 Å². The molecule has 8 heteroatoms. The van der Waals surface area contributed by atoms with Crippen molar-refractivity contribution in [2.45, 2.75) is 31.8 Å². The normalized spacial score (nSPS) is 16.8. The summed E-state index contributed by atoms with van der Waals surface area (Å²) in [4.78, 5) is 12.3. The summed E-state index contributed by atoms with van der Waals surface area (Å²) in [5.74, 6) is -0.740. The van der Waals surface area contributed by atoms with Gasteiger partial charge in [-0.1, -0.05) is 22.9 Å². The summed E-state index contributed by atoms with van der Waals surface area (Å²) in [6.45, 7) is 3.66. The summed E-state index contributed by atoms with van der Waals surface area (Å²) in [6, 6.07) is 4.01. The Balaban J connectivity index is 1.67. The molecule has 128 valence electrons. The molecule has 0 radical (unpaired) electrons. The number of halogens is 2. The van der Waals surface area contributed by atoms with E-state index in [1.165, 1.54) is 12.1 Å². The van der Waals surface area contributed by atoms with Crippen LogP contribution in [0.3, 0.4) is 0 Å². The van der Waals surface area contributed by atoms with Crippen molar-refractivity contribution in [2.24, 2.45) is 0 Å². The second-order valence-corrected chi connectivity index (χ2v) is 6.33. The van der Waals surface area contributed by atoms with Gasteiger partial charge in [0.15, 0.2) is 5.69 Å². The number of rotatable bonds is 4. The van der Waals surface area contributed by atoms with Gasteiger partial charge in [-0.2, -0.15) is 0 Å². The molecule has 6 nitrogen and oxygen atoms in total. The zero-order chi connectivity index (χ0) is 17.1. The molecule has 1 atom stereocenters. The van der Waals surface area contributed by atoms with E-state index < -0.39 is 5.82 Å². The van der Waals surface area contributed by atoms with E-state index >= 15 is 0 Å². The Kier molecular flexibility index (Phi) is 5.11. The highest BCUT2D eigenvalue weighted by Gasteiger charge is 2.20. The summed E-state index contributed by atoms with van der Waals surface area (Å²) < 4.78 is 14.9. The molecule has 1 fully saturated rings. The molecule has 1 saturated heterocycles. The molecule has 2 aromatic rings. The molecule has 24 heavy (non-hydrogen) atoms. The van der Waals surface area contributed by atoms with Crippen LogP contribution in [-0.2, 0) is 0 Å². The number of benzene rings is 1. The largest absolute Gasteiger partial charge is 0.344 e. The zero-order valence-electron chi connectivity index (χ0n) is 13.3. The Hall–Kier alpha value is -1.99. The standard InChI is InChI=1S/C16H19ClFN5O/c1-10(13-3-2-11(18)8-14(13)17)20-16(24)15-9-23(22-21-15)12-4-6-19-7-5-12/h2-3,8-10,12,19H,4-7H2,1H3,(H,20,24). The van der Waals surface area contributed by atoms with Gasteiger partial charge in [0, 0.05) is 5.02 Å². The van der Waals surface area contributed by atoms with Crippen molar-refractivity contribution in [3.8, 4) is 0 Å². The van der Waals surface area contributed by atoms with Crippen LogP contribution in [0.5, 0.6) is 0 Å². The van der Waals surface area contributed by atoms with Crippen LogP contribution in [0, 0.1) is 5.82 Å². The summed E-state index contributed by atoms with van der Waals surface area (Å²) in [6.07, 6.45) is 3.60. The first-order valence-electron chi connectivity index (χ1n) is 7.93. The molecular formula is C16H19ClFN5O. The third-order valence-electron chi connectivity index (χ3n) is 4.20. The van der Waals surface area contributed by atoms with Crippen LogP contribution in [0.15, 0.2) is 24.4 Å². The molecule has 1 aromatic carbocycles. The minimum Gasteiger partial charge on any atom is -0.344 e. The number of carbonyl (C=O) groups is 1. The Morgan fingerprint density at radius 2 is 2.21 bits per heavy atom. The van der Waals surface area contributed by atoms with Crippen LogP contribution in [0.2, 0.25) is 5.02 Å². The minimum atomic E-state index is -0.410. The van der Waals surface area contributed by atoms with Gasteiger partial charge in [0.1, 0.15) is 5.82 Å².